The van der Waals surface area contributed by atoms with Gasteiger partial charge in [-0.25, -0.2) is 9.38 Å². The van der Waals surface area contributed by atoms with Gasteiger partial charge in [0.05, 0.1) is 13.2 Å². The molecule has 0 aliphatic carbocycles. The maximum Gasteiger partial charge on any atom is 0.191 e. The second-order valence-corrected chi connectivity index (χ2v) is 6.10. The van der Waals surface area contributed by atoms with E-state index < -0.39 is 0 Å². The molecule has 1 aromatic rings. The average molecular weight is 353 g/mol. The van der Waals surface area contributed by atoms with Crippen molar-refractivity contribution in [3.63, 3.8) is 0 Å². The number of hydrogen-bond acceptors (Lipinski definition) is 3. The van der Waals surface area contributed by atoms with Crippen LogP contribution in [0.1, 0.15) is 44.2 Å². The number of guanidine groups is 1. The van der Waals surface area contributed by atoms with Crippen molar-refractivity contribution in [2.24, 2.45) is 10.9 Å². The van der Waals surface area contributed by atoms with Gasteiger partial charge in [-0.05, 0) is 43.4 Å². The summed E-state index contributed by atoms with van der Waals surface area (Å²) in [7, 11) is 1.55. The van der Waals surface area contributed by atoms with Gasteiger partial charge in [-0.15, -0.1) is 0 Å². The molecule has 0 spiro atoms. The van der Waals surface area contributed by atoms with Gasteiger partial charge in [0, 0.05) is 32.4 Å². The number of halogens is 1. The molecule has 1 rings (SSSR count). The Labute approximate surface area is 150 Å². The predicted octanol–water partition coefficient (Wildman–Crippen LogP) is 2.83. The van der Waals surface area contributed by atoms with Gasteiger partial charge in [0.1, 0.15) is 5.82 Å². The first-order valence-corrected chi connectivity index (χ1v) is 9.03. The first-order chi connectivity index (χ1) is 12.1. The molecule has 0 saturated heterocycles. The number of aliphatic imine (C=N–C) groups is 1. The summed E-state index contributed by atoms with van der Waals surface area (Å²) in [6, 6.07) is 4.99. The third-order valence-electron chi connectivity index (χ3n) is 3.97. The van der Waals surface area contributed by atoms with E-state index in [0.29, 0.717) is 18.0 Å². The number of nitrogens with one attached hydrogen (secondary N) is 2. The molecular formula is C19H32FN3O2. The minimum absolute atomic E-state index is 0.206. The maximum absolute atomic E-state index is 13.7. The molecule has 142 valence electrons. The highest BCUT2D eigenvalue weighted by atomic mass is 19.1. The maximum atomic E-state index is 13.7. The van der Waals surface area contributed by atoms with Crippen LogP contribution in [0.5, 0.6) is 0 Å². The molecule has 3 N–H and O–H groups in total. The first-order valence-electron chi connectivity index (χ1n) is 9.03. The lowest BCUT2D eigenvalue weighted by Gasteiger charge is -2.18. The number of benzene rings is 1. The second kappa shape index (κ2) is 12.7. The monoisotopic (exact) mass is 353 g/mol. The lowest BCUT2D eigenvalue weighted by Crippen LogP contribution is -2.40. The van der Waals surface area contributed by atoms with E-state index in [2.05, 4.69) is 22.5 Å². The highest BCUT2D eigenvalue weighted by molar-refractivity contribution is 5.79. The van der Waals surface area contributed by atoms with E-state index >= 15 is 0 Å². The Hall–Kier alpha value is -1.66. The Morgan fingerprint density at radius 1 is 1.28 bits per heavy atom. The molecule has 6 heteroatoms. The normalized spacial score (nSPS) is 12.9. The summed E-state index contributed by atoms with van der Waals surface area (Å²) in [6.45, 7) is 6.63. The van der Waals surface area contributed by atoms with E-state index in [1.165, 1.54) is 6.07 Å². The minimum Gasteiger partial charge on any atom is -0.396 e. The van der Waals surface area contributed by atoms with E-state index in [0.717, 1.165) is 43.9 Å². The van der Waals surface area contributed by atoms with Crippen LogP contribution in [0.4, 0.5) is 4.39 Å². The van der Waals surface area contributed by atoms with Gasteiger partial charge < -0.3 is 20.5 Å². The van der Waals surface area contributed by atoms with Gasteiger partial charge in [-0.2, -0.15) is 0 Å². The molecular weight excluding hydrogens is 321 g/mol. The molecule has 0 saturated carbocycles. The van der Waals surface area contributed by atoms with E-state index in [1.807, 2.05) is 6.92 Å². The molecule has 0 amide bonds. The Bertz CT molecular complexity index is 517. The second-order valence-electron chi connectivity index (χ2n) is 6.10. The van der Waals surface area contributed by atoms with Crippen molar-refractivity contribution in [3.8, 4) is 0 Å². The number of aliphatic hydroxyl groups is 1. The van der Waals surface area contributed by atoms with Crippen molar-refractivity contribution in [2.75, 3.05) is 26.8 Å². The van der Waals surface area contributed by atoms with Crippen LogP contribution in [-0.2, 0) is 17.9 Å². The lowest BCUT2D eigenvalue weighted by molar-refractivity contribution is 0.181. The molecule has 0 bridgehead atoms. The van der Waals surface area contributed by atoms with Crippen LogP contribution in [0.25, 0.3) is 0 Å². The third-order valence-corrected chi connectivity index (χ3v) is 3.97. The number of ether oxygens (including phenoxy) is 1. The van der Waals surface area contributed by atoms with Crippen LogP contribution in [0, 0.1) is 11.7 Å². The molecule has 0 heterocycles. The quantitative estimate of drug-likeness (QED) is 0.423. The summed E-state index contributed by atoms with van der Waals surface area (Å²) in [5.74, 6) is 0.906. The van der Waals surface area contributed by atoms with Crippen LogP contribution in [0.2, 0.25) is 0 Å². The number of nitrogens with zero attached hydrogens (tertiary/aromatic N) is 1. The molecule has 1 atom stereocenters. The Morgan fingerprint density at radius 3 is 2.72 bits per heavy atom. The summed E-state index contributed by atoms with van der Waals surface area (Å²) >= 11 is 0. The molecule has 1 unspecified atom stereocenters. The SMILES string of the molecule is CCCC(CCO)CNC(=NCc1ccc(F)c(COC)c1)NCC. The van der Waals surface area contributed by atoms with Gasteiger partial charge in [0.15, 0.2) is 5.96 Å². The largest absolute Gasteiger partial charge is 0.396 e. The van der Waals surface area contributed by atoms with E-state index in [9.17, 15) is 4.39 Å². The summed E-state index contributed by atoms with van der Waals surface area (Å²) in [6.07, 6.45) is 2.96. The predicted molar refractivity (Wildman–Crippen MR) is 100 cm³/mol. The molecule has 25 heavy (non-hydrogen) atoms. The topological polar surface area (TPSA) is 65.9 Å². The fourth-order valence-corrected chi connectivity index (χ4v) is 2.68. The summed E-state index contributed by atoms with van der Waals surface area (Å²) in [5.41, 5.74) is 1.48. The van der Waals surface area contributed by atoms with Gasteiger partial charge >= 0.3 is 0 Å². The fraction of sp³-hybridized carbons (Fsp3) is 0.632. The van der Waals surface area contributed by atoms with Crippen molar-refractivity contribution in [2.45, 2.75) is 46.3 Å². The zero-order valence-electron chi connectivity index (χ0n) is 15.6. The number of aliphatic hydroxyl groups excluding tert-OH is 1. The summed E-state index contributed by atoms with van der Waals surface area (Å²) in [5, 5.41) is 15.7. The summed E-state index contributed by atoms with van der Waals surface area (Å²) in [4.78, 5) is 4.58. The van der Waals surface area contributed by atoms with Crippen LogP contribution in [0.15, 0.2) is 23.2 Å². The van der Waals surface area contributed by atoms with E-state index in [4.69, 9.17) is 9.84 Å². The highest BCUT2D eigenvalue weighted by Crippen LogP contribution is 2.13. The molecule has 0 aromatic heterocycles. The van der Waals surface area contributed by atoms with Crippen molar-refractivity contribution in [3.05, 3.63) is 35.1 Å². The van der Waals surface area contributed by atoms with Crippen LogP contribution in [-0.4, -0.2) is 37.9 Å². The van der Waals surface area contributed by atoms with E-state index in [-0.39, 0.29) is 19.0 Å². The van der Waals surface area contributed by atoms with Crippen molar-refractivity contribution < 1.29 is 14.2 Å². The average Bonchev–Trinajstić information content (AvgIpc) is 2.60. The molecule has 0 fully saturated rings. The molecule has 5 nitrogen and oxygen atoms in total. The Balaban J connectivity index is 2.69. The molecule has 1 aromatic carbocycles. The third kappa shape index (κ3) is 8.31. The minimum atomic E-state index is -0.258. The van der Waals surface area contributed by atoms with Crippen LogP contribution < -0.4 is 10.6 Å². The van der Waals surface area contributed by atoms with Gasteiger partial charge in [0.2, 0.25) is 0 Å². The van der Waals surface area contributed by atoms with Crippen molar-refractivity contribution >= 4 is 5.96 Å². The number of methoxy groups -OCH3 is 1. The molecule has 0 aliphatic rings. The number of hydrogen-bond donors (Lipinski definition) is 3. The molecule has 0 aliphatic heterocycles. The summed E-state index contributed by atoms with van der Waals surface area (Å²) < 4.78 is 18.7. The first kappa shape index (κ1) is 21.4. The van der Waals surface area contributed by atoms with Gasteiger partial charge in [-0.3, -0.25) is 0 Å². The van der Waals surface area contributed by atoms with Gasteiger partial charge in [0.25, 0.3) is 0 Å². The standard InChI is InChI=1S/C19H32FN3O2/c1-4-6-15(9-10-24)12-22-19(21-5-2)23-13-16-7-8-18(20)17(11-16)14-25-3/h7-8,11,15,24H,4-6,9-10,12-14H2,1-3H3,(H2,21,22,23). The number of rotatable bonds is 11. The zero-order valence-corrected chi connectivity index (χ0v) is 15.6. The van der Waals surface area contributed by atoms with Gasteiger partial charge in [-0.1, -0.05) is 19.4 Å². The van der Waals surface area contributed by atoms with E-state index in [1.54, 1.807) is 19.2 Å². The Kier molecular flexibility index (Phi) is 10.8. The molecule has 0 radical (unpaired) electrons. The smallest absolute Gasteiger partial charge is 0.191 e. The lowest BCUT2D eigenvalue weighted by atomic mass is 10.0. The highest BCUT2D eigenvalue weighted by Gasteiger charge is 2.08. The fourth-order valence-electron chi connectivity index (χ4n) is 2.68. The van der Waals surface area contributed by atoms with Crippen molar-refractivity contribution in [1.82, 2.24) is 10.6 Å². The van der Waals surface area contributed by atoms with Crippen molar-refractivity contribution in [1.29, 1.82) is 0 Å². The zero-order chi connectivity index (χ0) is 18.5. The van der Waals surface area contributed by atoms with Crippen LogP contribution >= 0.6 is 0 Å². The Morgan fingerprint density at radius 2 is 2.08 bits per heavy atom. The van der Waals surface area contributed by atoms with Crippen LogP contribution in [0.3, 0.4) is 0 Å².